The van der Waals surface area contributed by atoms with Gasteiger partial charge in [0.1, 0.15) is 17.1 Å². The molecule has 1 aromatic heterocycles. The molecular formula is C22H23N3O4. The van der Waals surface area contributed by atoms with Crippen molar-refractivity contribution in [2.24, 2.45) is 0 Å². The number of amides is 1. The molecule has 0 aliphatic heterocycles. The highest BCUT2D eigenvalue weighted by atomic mass is 16.5. The number of nitrogens with one attached hydrogen (secondary N) is 1. The minimum atomic E-state index is -0.773. The van der Waals surface area contributed by atoms with Crippen LogP contribution in [-0.2, 0) is 14.9 Å². The summed E-state index contributed by atoms with van der Waals surface area (Å²) in [5.41, 5.74) is 1.40. The number of hydrogen-bond donors (Lipinski definition) is 2. The summed E-state index contributed by atoms with van der Waals surface area (Å²) in [5, 5.41) is 17.1. The van der Waals surface area contributed by atoms with Crippen LogP contribution < -0.4 is 5.32 Å². The van der Waals surface area contributed by atoms with E-state index in [-0.39, 0.29) is 16.7 Å². The van der Waals surface area contributed by atoms with Crippen LogP contribution in [0.4, 0.5) is 5.82 Å². The summed E-state index contributed by atoms with van der Waals surface area (Å²) in [5.74, 6) is -1.00. The Morgan fingerprint density at radius 2 is 1.72 bits per heavy atom. The lowest BCUT2D eigenvalue weighted by atomic mass is 9.92. The molecule has 0 radical (unpaired) electrons. The summed E-state index contributed by atoms with van der Waals surface area (Å²) in [4.78, 5) is 24.5. The lowest BCUT2D eigenvalue weighted by Crippen LogP contribution is -2.22. The van der Waals surface area contributed by atoms with Gasteiger partial charge >= 0.3 is 5.97 Å². The molecule has 0 aliphatic carbocycles. The van der Waals surface area contributed by atoms with Gasteiger partial charge in [0.25, 0.3) is 5.91 Å². The quantitative estimate of drug-likeness (QED) is 0.645. The van der Waals surface area contributed by atoms with Gasteiger partial charge in [0, 0.05) is 11.5 Å². The number of aromatic nitrogens is 2. The normalized spacial score (nSPS) is 11.1. The molecule has 2 aromatic carbocycles. The summed E-state index contributed by atoms with van der Waals surface area (Å²) in [7, 11) is 0. The van der Waals surface area contributed by atoms with E-state index in [1.807, 2.05) is 51.1 Å². The van der Waals surface area contributed by atoms with E-state index in [2.05, 4.69) is 10.4 Å². The van der Waals surface area contributed by atoms with Gasteiger partial charge in [-0.1, -0.05) is 51.1 Å². The molecule has 0 saturated carbocycles. The maximum absolute atomic E-state index is 12.4. The van der Waals surface area contributed by atoms with Gasteiger partial charge in [-0.3, -0.25) is 4.79 Å². The molecule has 1 amide bonds. The Bertz CT molecular complexity index is 1020. The standard InChI is InChI=1S/C22H23N3O4/c1-22(2,3)18-13-19(25(24-18)15-9-5-4-6-10-15)23-20(27)14-29-21(28)16-11-7-8-12-17(16)26/h4-13,26H,14H2,1-3H3,(H,23,27). The second-order valence-corrected chi connectivity index (χ2v) is 7.55. The van der Waals surface area contributed by atoms with E-state index in [4.69, 9.17) is 4.74 Å². The van der Waals surface area contributed by atoms with Crippen LogP contribution >= 0.6 is 0 Å². The number of phenolic OH excluding ortho intramolecular Hbond substituents is 1. The molecule has 7 heteroatoms. The largest absolute Gasteiger partial charge is 0.507 e. The van der Waals surface area contributed by atoms with Gasteiger partial charge in [-0.15, -0.1) is 0 Å². The van der Waals surface area contributed by atoms with Gasteiger partial charge in [0.15, 0.2) is 6.61 Å². The molecule has 0 aliphatic rings. The molecule has 0 spiro atoms. The molecule has 3 rings (SSSR count). The second kappa shape index (κ2) is 8.18. The molecule has 1 heterocycles. The number of carbonyl (C=O) groups is 2. The Kier molecular flexibility index (Phi) is 5.68. The summed E-state index contributed by atoms with van der Waals surface area (Å²) in [6.07, 6.45) is 0. The Balaban J connectivity index is 1.75. The van der Waals surface area contributed by atoms with Gasteiger partial charge < -0.3 is 15.2 Å². The Hall–Kier alpha value is -3.61. The van der Waals surface area contributed by atoms with Gasteiger partial charge in [-0.25, -0.2) is 9.48 Å². The number of nitrogens with zero attached hydrogens (tertiary/aromatic N) is 2. The highest BCUT2D eigenvalue weighted by Gasteiger charge is 2.22. The molecular weight excluding hydrogens is 370 g/mol. The number of phenols is 1. The minimum absolute atomic E-state index is 0.00430. The third kappa shape index (κ3) is 4.82. The zero-order chi connectivity index (χ0) is 21.0. The first kappa shape index (κ1) is 20.1. The fourth-order valence-electron chi connectivity index (χ4n) is 2.64. The maximum Gasteiger partial charge on any atom is 0.342 e. The van der Waals surface area contributed by atoms with Gasteiger partial charge in [-0.05, 0) is 24.3 Å². The van der Waals surface area contributed by atoms with E-state index in [1.54, 1.807) is 22.9 Å². The number of ether oxygens (including phenoxy) is 1. The number of hydrogen-bond acceptors (Lipinski definition) is 5. The van der Waals surface area contributed by atoms with Crippen molar-refractivity contribution >= 4 is 17.7 Å². The topological polar surface area (TPSA) is 93.5 Å². The number of esters is 1. The van der Waals surface area contributed by atoms with Crippen molar-refractivity contribution < 1.29 is 19.4 Å². The van der Waals surface area contributed by atoms with Crippen molar-refractivity contribution in [3.8, 4) is 11.4 Å². The molecule has 0 atom stereocenters. The first-order chi connectivity index (χ1) is 13.8. The van der Waals surface area contributed by atoms with Crippen LogP contribution in [0.1, 0.15) is 36.8 Å². The summed E-state index contributed by atoms with van der Waals surface area (Å²) < 4.78 is 6.66. The van der Waals surface area contributed by atoms with Crippen molar-refractivity contribution in [2.75, 3.05) is 11.9 Å². The van der Waals surface area contributed by atoms with E-state index >= 15 is 0 Å². The van der Waals surface area contributed by atoms with Crippen LogP contribution in [0.5, 0.6) is 5.75 Å². The smallest absolute Gasteiger partial charge is 0.342 e. The highest BCUT2D eigenvalue weighted by Crippen LogP contribution is 2.26. The lowest BCUT2D eigenvalue weighted by Gasteiger charge is -2.14. The van der Waals surface area contributed by atoms with Crippen molar-refractivity contribution in [1.29, 1.82) is 0 Å². The predicted molar refractivity (Wildman–Crippen MR) is 109 cm³/mol. The van der Waals surface area contributed by atoms with Gasteiger partial charge in [0.2, 0.25) is 0 Å². The minimum Gasteiger partial charge on any atom is -0.507 e. The molecule has 150 valence electrons. The first-order valence-corrected chi connectivity index (χ1v) is 9.16. The van der Waals surface area contributed by atoms with Crippen LogP contribution in [0, 0.1) is 0 Å². The van der Waals surface area contributed by atoms with Crippen molar-refractivity contribution in [1.82, 2.24) is 9.78 Å². The number of rotatable bonds is 5. The number of aromatic hydroxyl groups is 1. The first-order valence-electron chi connectivity index (χ1n) is 9.16. The zero-order valence-electron chi connectivity index (χ0n) is 16.5. The van der Waals surface area contributed by atoms with Crippen molar-refractivity contribution in [2.45, 2.75) is 26.2 Å². The fourth-order valence-corrected chi connectivity index (χ4v) is 2.64. The SMILES string of the molecule is CC(C)(C)c1cc(NC(=O)COC(=O)c2ccccc2O)n(-c2ccccc2)n1. The summed E-state index contributed by atoms with van der Waals surface area (Å²) in [6.45, 7) is 5.61. The molecule has 0 fully saturated rings. The van der Waals surface area contributed by atoms with Crippen LogP contribution in [0.25, 0.3) is 5.69 Å². The van der Waals surface area contributed by atoms with E-state index in [9.17, 15) is 14.7 Å². The molecule has 3 aromatic rings. The lowest BCUT2D eigenvalue weighted by molar-refractivity contribution is -0.119. The van der Waals surface area contributed by atoms with E-state index < -0.39 is 18.5 Å². The van der Waals surface area contributed by atoms with Gasteiger partial charge in [-0.2, -0.15) is 5.10 Å². The number of benzene rings is 2. The second-order valence-electron chi connectivity index (χ2n) is 7.55. The van der Waals surface area contributed by atoms with Gasteiger partial charge in [0.05, 0.1) is 11.4 Å². The number of anilines is 1. The van der Waals surface area contributed by atoms with Crippen molar-refractivity contribution in [3.63, 3.8) is 0 Å². The average Bonchev–Trinajstić information content (AvgIpc) is 3.11. The van der Waals surface area contributed by atoms with E-state index in [1.165, 1.54) is 12.1 Å². The third-order valence-electron chi connectivity index (χ3n) is 4.20. The number of para-hydroxylation sites is 2. The predicted octanol–water partition coefficient (Wildman–Crippen LogP) is 3.67. The number of carbonyl (C=O) groups excluding carboxylic acids is 2. The molecule has 0 saturated heterocycles. The molecule has 7 nitrogen and oxygen atoms in total. The summed E-state index contributed by atoms with van der Waals surface area (Å²) in [6, 6.07) is 17.2. The molecule has 0 unspecified atom stereocenters. The fraction of sp³-hybridized carbons (Fsp3) is 0.227. The van der Waals surface area contributed by atoms with Crippen molar-refractivity contribution in [3.05, 3.63) is 71.9 Å². The molecule has 29 heavy (non-hydrogen) atoms. The Morgan fingerprint density at radius 3 is 2.38 bits per heavy atom. The maximum atomic E-state index is 12.4. The zero-order valence-corrected chi connectivity index (χ0v) is 16.5. The Labute approximate surface area is 168 Å². The third-order valence-corrected chi connectivity index (χ3v) is 4.20. The van der Waals surface area contributed by atoms with E-state index in [0.717, 1.165) is 11.4 Å². The van der Waals surface area contributed by atoms with Crippen LogP contribution in [0.15, 0.2) is 60.7 Å². The van der Waals surface area contributed by atoms with Crippen LogP contribution in [0.2, 0.25) is 0 Å². The molecule has 0 bridgehead atoms. The highest BCUT2D eigenvalue weighted by molar-refractivity contribution is 5.96. The Morgan fingerprint density at radius 1 is 1.07 bits per heavy atom. The van der Waals surface area contributed by atoms with E-state index in [0.29, 0.717) is 5.82 Å². The monoisotopic (exact) mass is 393 g/mol. The summed E-state index contributed by atoms with van der Waals surface area (Å²) >= 11 is 0. The average molecular weight is 393 g/mol. The van der Waals surface area contributed by atoms with Crippen LogP contribution in [0.3, 0.4) is 0 Å². The molecule has 2 N–H and O–H groups in total. The van der Waals surface area contributed by atoms with Crippen LogP contribution in [-0.4, -0.2) is 33.4 Å².